The average Bonchev–Trinajstić information content (AvgIpc) is 3.11. The van der Waals surface area contributed by atoms with Crippen molar-refractivity contribution < 1.29 is 4.79 Å². The highest BCUT2D eigenvalue weighted by molar-refractivity contribution is 5.87. The van der Waals surface area contributed by atoms with Crippen LogP contribution < -0.4 is 16.6 Å². The maximum atomic E-state index is 13.5. The summed E-state index contributed by atoms with van der Waals surface area (Å²) in [4.78, 5) is 13.5. The van der Waals surface area contributed by atoms with E-state index in [0.29, 0.717) is 11.5 Å². The van der Waals surface area contributed by atoms with Gasteiger partial charge < -0.3 is 10.7 Å². The number of carbonyl (C=O) groups is 1. The van der Waals surface area contributed by atoms with E-state index in [1.165, 1.54) is 51.4 Å². The molecule has 0 spiro atoms. The number of rotatable bonds is 4. The summed E-state index contributed by atoms with van der Waals surface area (Å²) in [6, 6.07) is 7.57. The lowest BCUT2D eigenvalue weighted by Gasteiger charge is -2.56. The van der Waals surface area contributed by atoms with Gasteiger partial charge in [0.1, 0.15) is 0 Å². The molecule has 5 rings (SSSR count). The number of benzene rings is 1. The molecule has 0 aliphatic heterocycles. The van der Waals surface area contributed by atoms with Crippen LogP contribution in [0.5, 0.6) is 0 Å². The quantitative estimate of drug-likeness (QED) is 0.385. The van der Waals surface area contributed by atoms with Gasteiger partial charge in [0.25, 0.3) is 0 Å². The fourth-order valence-electron chi connectivity index (χ4n) is 8.73. The van der Waals surface area contributed by atoms with Gasteiger partial charge in [-0.1, -0.05) is 32.4 Å². The minimum Gasteiger partial charge on any atom is -0.397 e. The van der Waals surface area contributed by atoms with Crippen LogP contribution in [0.25, 0.3) is 0 Å². The van der Waals surface area contributed by atoms with Crippen LogP contribution in [0.2, 0.25) is 0 Å². The Kier molecular flexibility index (Phi) is 5.57. The number of fused-ring (bicyclic) bond motifs is 5. The SMILES string of the molecule is CC1CCC2C(CC[C@@H]3C2CCC2(C)C3CC[C@@H]2C(=O)CN(N)c2ccccc2N)C1. The molecule has 4 N–H and O–H groups in total. The second-order valence-electron chi connectivity index (χ2n) is 11.7. The first kappa shape index (κ1) is 21.3. The van der Waals surface area contributed by atoms with Gasteiger partial charge in [-0.05, 0) is 104 Å². The zero-order valence-electron chi connectivity index (χ0n) is 19.4. The summed E-state index contributed by atoms with van der Waals surface area (Å²) < 4.78 is 0. The van der Waals surface area contributed by atoms with Gasteiger partial charge in [-0.25, -0.2) is 5.84 Å². The van der Waals surface area contributed by atoms with Crippen LogP contribution in [0.4, 0.5) is 11.4 Å². The van der Waals surface area contributed by atoms with E-state index in [0.717, 1.165) is 47.6 Å². The van der Waals surface area contributed by atoms with Gasteiger partial charge >= 0.3 is 0 Å². The van der Waals surface area contributed by atoms with Crippen molar-refractivity contribution in [1.82, 2.24) is 0 Å². The van der Waals surface area contributed by atoms with Crippen molar-refractivity contribution in [3.8, 4) is 0 Å². The van der Waals surface area contributed by atoms with Crippen LogP contribution in [-0.4, -0.2) is 12.3 Å². The summed E-state index contributed by atoms with van der Waals surface area (Å²) >= 11 is 0. The van der Waals surface area contributed by atoms with Crippen molar-refractivity contribution in [2.45, 2.75) is 71.6 Å². The van der Waals surface area contributed by atoms with E-state index in [1.807, 2.05) is 24.3 Å². The van der Waals surface area contributed by atoms with Gasteiger partial charge in [-0.15, -0.1) is 0 Å². The van der Waals surface area contributed by atoms with E-state index in [1.54, 1.807) is 5.01 Å². The fourth-order valence-corrected chi connectivity index (χ4v) is 8.73. The topological polar surface area (TPSA) is 72.3 Å². The molecule has 0 heterocycles. The molecule has 4 nitrogen and oxygen atoms in total. The molecule has 1 aromatic carbocycles. The summed E-state index contributed by atoms with van der Waals surface area (Å²) in [6.45, 7) is 5.16. The molecule has 4 saturated carbocycles. The molecule has 0 bridgehead atoms. The Labute approximate surface area is 188 Å². The summed E-state index contributed by atoms with van der Waals surface area (Å²) in [5.41, 5.74) is 7.63. The number of Topliss-reactive ketones (excluding diaryl/α,β-unsaturated/α-hetero) is 1. The van der Waals surface area contributed by atoms with Crippen LogP contribution in [0.3, 0.4) is 0 Å². The molecular formula is C27H41N3O. The van der Waals surface area contributed by atoms with Gasteiger partial charge in [-0.3, -0.25) is 4.79 Å². The van der Waals surface area contributed by atoms with E-state index in [9.17, 15) is 4.79 Å². The third-order valence-corrected chi connectivity index (χ3v) is 10.2. The molecule has 0 saturated heterocycles. The van der Waals surface area contributed by atoms with Crippen LogP contribution in [0.15, 0.2) is 24.3 Å². The first-order valence-corrected chi connectivity index (χ1v) is 12.8. The van der Waals surface area contributed by atoms with E-state index in [2.05, 4.69) is 13.8 Å². The second kappa shape index (κ2) is 8.10. The van der Waals surface area contributed by atoms with Crippen molar-refractivity contribution in [2.75, 3.05) is 17.3 Å². The number of ketones is 1. The van der Waals surface area contributed by atoms with E-state index in [4.69, 9.17) is 11.6 Å². The molecule has 4 aliphatic carbocycles. The zero-order chi connectivity index (χ0) is 21.8. The minimum absolute atomic E-state index is 0.151. The molecule has 4 aliphatic rings. The average molecular weight is 424 g/mol. The largest absolute Gasteiger partial charge is 0.397 e. The lowest BCUT2D eigenvalue weighted by Crippen LogP contribution is -2.50. The monoisotopic (exact) mass is 423 g/mol. The molecule has 8 atom stereocenters. The van der Waals surface area contributed by atoms with Crippen molar-refractivity contribution in [2.24, 2.45) is 52.7 Å². The maximum Gasteiger partial charge on any atom is 0.157 e. The Hall–Kier alpha value is -1.55. The molecule has 6 unspecified atom stereocenters. The molecule has 0 amide bonds. The summed E-state index contributed by atoms with van der Waals surface area (Å²) in [6.07, 6.45) is 12.1. The molecule has 31 heavy (non-hydrogen) atoms. The smallest absolute Gasteiger partial charge is 0.157 e. The molecular weight excluding hydrogens is 382 g/mol. The van der Waals surface area contributed by atoms with Crippen molar-refractivity contribution >= 4 is 17.2 Å². The number of hydrogen-bond donors (Lipinski definition) is 2. The number of nitrogens with two attached hydrogens (primary N) is 2. The van der Waals surface area contributed by atoms with Crippen LogP contribution in [0.1, 0.15) is 71.6 Å². The Balaban J connectivity index is 1.29. The summed E-state index contributed by atoms with van der Waals surface area (Å²) in [7, 11) is 0. The van der Waals surface area contributed by atoms with Gasteiger partial charge in [0.15, 0.2) is 5.78 Å². The summed E-state index contributed by atoms with van der Waals surface area (Å²) in [5, 5.41) is 1.56. The highest BCUT2D eigenvalue weighted by Gasteiger charge is 2.58. The van der Waals surface area contributed by atoms with Gasteiger partial charge in [-0.2, -0.15) is 0 Å². The lowest BCUT2D eigenvalue weighted by atomic mass is 9.49. The number of carbonyl (C=O) groups excluding carboxylic acids is 1. The standard InChI is InChI=1S/C27H41N3O/c1-17-7-9-19-18(15-17)8-10-21-20(19)13-14-27(2)22(21)11-12-23(27)26(31)16-30(29)25-6-4-3-5-24(25)28/h3-6,17-23H,7-16,28-29H2,1-2H3/t17?,18?,19?,20?,21-,22?,23-,27?/m1/s1. The van der Waals surface area contributed by atoms with Crippen LogP contribution >= 0.6 is 0 Å². The van der Waals surface area contributed by atoms with E-state index in [-0.39, 0.29) is 17.9 Å². The van der Waals surface area contributed by atoms with Crippen molar-refractivity contribution in [3.63, 3.8) is 0 Å². The Morgan fingerprint density at radius 3 is 2.61 bits per heavy atom. The molecule has 1 aromatic rings. The third-order valence-electron chi connectivity index (χ3n) is 10.2. The zero-order valence-corrected chi connectivity index (χ0v) is 19.4. The molecule has 4 heteroatoms. The predicted molar refractivity (Wildman–Crippen MR) is 127 cm³/mol. The number of nitrogen functional groups attached to an aromatic ring is 1. The van der Waals surface area contributed by atoms with E-state index >= 15 is 0 Å². The van der Waals surface area contributed by atoms with E-state index < -0.39 is 0 Å². The fraction of sp³-hybridized carbons (Fsp3) is 0.741. The Morgan fingerprint density at radius 2 is 1.81 bits per heavy atom. The van der Waals surface area contributed by atoms with Gasteiger partial charge in [0.2, 0.25) is 0 Å². The number of para-hydroxylation sites is 2. The second-order valence-corrected chi connectivity index (χ2v) is 11.7. The van der Waals surface area contributed by atoms with Crippen LogP contribution in [0, 0.1) is 46.8 Å². The molecule has 0 radical (unpaired) electrons. The molecule has 0 aromatic heterocycles. The molecule has 170 valence electrons. The summed E-state index contributed by atoms with van der Waals surface area (Å²) in [5.74, 6) is 12.1. The maximum absolute atomic E-state index is 13.5. The van der Waals surface area contributed by atoms with Gasteiger partial charge in [0, 0.05) is 5.92 Å². The number of nitrogens with zero attached hydrogens (tertiary/aromatic N) is 1. The highest BCUT2D eigenvalue weighted by Crippen LogP contribution is 2.64. The number of hydrazine groups is 1. The van der Waals surface area contributed by atoms with Crippen molar-refractivity contribution in [1.29, 1.82) is 0 Å². The normalized spacial score (nSPS) is 41.7. The number of anilines is 2. The van der Waals surface area contributed by atoms with Crippen molar-refractivity contribution in [3.05, 3.63) is 24.3 Å². The number of hydrogen-bond acceptors (Lipinski definition) is 4. The highest BCUT2D eigenvalue weighted by atomic mass is 16.1. The Bertz CT molecular complexity index is 824. The first-order chi connectivity index (χ1) is 14.9. The molecule has 4 fully saturated rings. The van der Waals surface area contributed by atoms with Gasteiger partial charge in [0.05, 0.1) is 17.9 Å². The van der Waals surface area contributed by atoms with Crippen LogP contribution in [-0.2, 0) is 4.79 Å². The third kappa shape index (κ3) is 3.59. The predicted octanol–water partition coefficient (Wildman–Crippen LogP) is 5.42. The minimum atomic E-state index is 0.151. The Morgan fingerprint density at radius 1 is 1.03 bits per heavy atom. The lowest BCUT2D eigenvalue weighted by molar-refractivity contribution is -0.129. The first-order valence-electron chi connectivity index (χ1n) is 12.8.